The van der Waals surface area contributed by atoms with E-state index in [1.807, 2.05) is 0 Å². The van der Waals surface area contributed by atoms with Crippen LogP contribution in [0.5, 0.6) is 0 Å². The highest BCUT2D eigenvalue weighted by molar-refractivity contribution is 5.96. The number of hydrogen-bond donors (Lipinski definition) is 1. The molecule has 0 bridgehead atoms. The number of carbonyl (C=O) groups is 2. The van der Waals surface area contributed by atoms with E-state index >= 15 is 0 Å². The molecule has 27 heavy (non-hydrogen) atoms. The first kappa shape index (κ1) is 18.6. The number of anilines is 1. The number of carboxylic acids is 1. The number of rotatable bonds is 3. The van der Waals surface area contributed by atoms with Gasteiger partial charge in [-0.3, -0.25) is 4.79 Å². The Labute approximate surface area is 152 Å². The summed E-state index contributed by atoms with van der Waals surface area (Å²) in [6.45, 7) is 0.861. The van der Waals surface area contributed by atoms with Crippen LogP contribution in [-0.4, -0.2) is 51.8 Å². The number of nitrogens with zero attached hydrogens (tertiary/aromatic N) is 4. The predicted molar refractivity (Wildman–Crippen MR) is 88.3 cm³/mol. The van der Waals surface area contributed by atoms with E-state index in [4.69, 9.17) is 5.11 Å². The van der Waals surface area contributed by atoms with Crippen LogP contribution in [0.1, 0.15) is 32.8 Å². The Bertz CT molecular complexity index is 855. The van der Waals surface area contributed by atoms with E-state index in [9.17, 15) is 22.8 Å². The van der Waals surface area contributed by atoms with Crippen molar-refractivity contribution in [2.75, 3.05) is 24.7 Å². The van der Waals surface area contributed by atoms with Crippen molar-refractivity contribution in [2.24, 2.45) is 0 Å². The molecular formula is C17H15F3N4O3. The largest absolute Gasteiger partial charge is 0.476 e. The van der Waals surface area contributed by atoms with Gasteiger partial charge in [-0.15, -0.1) is 10.2 Å². The van der Waals surface area contributed by atoms with E-state index in [1.54, 1.807) is 4.90 Å². The summed E-state index contributed by atoms with van der Waals surface area (Å²) in [4.78, 5) is 26.5. The van der Waals surface area contributed by atoms with Gasteiger partial charge in [0.05, 0.1) is 17.8 Å². The molecule has 142 valence electrons. The molecule has 2 aromatic rings. The molecule has 0 unspecified atom stereocenters. The van der Waals surface area contributed by atoms with Crippen LogP contribution in [0, 0.1) is 0 Å². The lowest BCUT2D eigenvalue weighted by atomic mass is 10.1. The third-order valence-electron chi connectivity index (χ3n) is 4.14. The molecule has 1 amide bonds. The van der Waals surface area contributed by atoms with Gasteiger partial charge >= 0.3 is 12.1 Å². The molecule has 0 radical (unpaired) electrons. The van der Waals surface area contributed by atoms with E-state index in [1.165, 1.54) is 29.2 Å². The van der Waals surface area contributed by atoms with Gasteiger partial charge in [0.15, 0.2) is 11.5 Å². The SMILES string of the molecule is O=C(O)c1ccc(N2CCCN(C(=O)c3ccccc3C(F)(F)F)C2)nn1. The molecule has 3 rings (SSSR count). The summed E-state index contributed by atoms with van der Waals surface area (Å²) in [5.74, 6) is -1.59. The first-order chi connectivity index (χ1) is 12.8. The van der Waals surface area contributed by atoms with Gasteiger partial charge < -0.3 is 14.9 Å². The number of halogens is 3. The molecule has 0 saturated carbocycles. The number of aromatic nitrogens is 2. The van der Waals surface area contributed by atoms with Gasteiger partial charge in [-0.2, -0.15) is 13.2 Å². The highest BCUT2D eigenvalue weighted by atomic mass is 19.4. The Balaban J connectivity index is 1.80. The third-order valence-corrected chi connectivity index (χ3v) is 4.14. The number of carbonyl (C=O) groups excluding carboxylic acids is 1. The van der Waals surface area contributed by atoms with Gasteiger partial charge in [0.25, 0.3) is 5.91 Å². The summed E-state index contributed by atoms with van der Waals surface area (Å²) in [6.07, 6.45) is -4.10. The number of hydrogen-bond acceptors (Lipinski definition) is 5. The van der Waals surface area contributed by atoms with Crippen molar-refractivity contribution in [1.82, 2.24) is 15.1 Å². The number of aromatic carboxylic acids is 1. The van der Waals surface area contributed by atoms with Crippen molar-refractivity contribution < 1.29 is 27.9 Å². The first-order valence-electron chi connectivity index (χ1n) is 8.05. The van der Waals surface area contributed by atoms with Crippen molar-refractivity contribution in [1.29, 1.82) is 0 Å². The molecular weight excluding hydrogens is 365 g/mol. The van der Waals surface area contributed by atoms with E-state index in [2.05, 4.69) is 10.2 Å². The fraction of sp³-hybridized carbons (Fsp3) is 0.294. The second-order valence-corrected chi connectivity index (χ2v) is 5.95. The van der Waals surface area contributed by atoms with Crippen molar-refractivity contribution >= 4 is 17.7 Å². The zero-order chi connectivity index (χ0) is 19.6. The monoisotopic (exact) mass is 380 g/mol. The van der Waals surface area contributed by atoms with Gasteiger partial charge in [0.2, 0.25) is 0 Å². The second-order valence-electron chi connectivity index (χ2n) is 5.95. The molecule has 1 aliphatic heterocycles. The standard InChI is InChI=1S/C17H15F3N4O3/c18-17(19,20)12-5-2-1-4-11(12)15(25)24-9-3-8-23(10-24)14-7-6-13(16(26)27)21-22-14/h1-2,4-7H,3,8-10H2,(H,26,27). The van der Waals surface area contributed by atoms with Crippen LogP contribution in [0.2, 0.25) is 0 Å². The van der Waals surface area contributed by atoms with Crippen molar-refractivity contribution in [3.05, 3.63) is 53.2 Å². The van der Waals surface area contributed by atoms with Crippen LogP contribution in [0.25, 0.3) is 0 Å². The van der Waals surface area contributed by atoms with Crippen LogP contribution in [-0.2, 0) is 6.18 Å². The molecule has 1 aromatic heterocycles. The van der Waals surface area contributed by atoms with Gasteiger partial charge in [-0.1, -0.05) is 12.1 Å². The Morgan fingerprint density at radius 3 is 2.41 bits per heavy atom. The Morgan fingerprint density at radius 1 is 1.04 bits per heavy atom. The molecule has 1 aliphatic rings. The maximum Gasteiger partial charge on any atom is 0.417 e. The Morgan fingerprint density at radius 2 is 1.78 bits per heavy atom. The smallest absolute Gasteiger partial charge is 0.417 e. The Hall–Kier alpha value is -3.17. The third kappa shape index (κ3) is 3.99. The topological polar surface area (TPSA) is 86.6 Å². The van der Waals surface area contributed by atoms with E-state index in [-0.39, 0.29) is 12.4 Å². The van der Waals surface area contributed by atoms with Gasteiger partial charge in [0, 0.05) is 13.1 Å². The molecule has 1 fully saturated rings. The van der Waals surface area contributed by atoms with Gasteiger partial charge in [-0.05, 0) is 30.7 Å². The quantitative estimate of drug-likeness (QED) is 0.881. The molecule has 7 nitrogen and oxygen atoms in total. The zero-order valence-electron chi connectivity index (χ0n) is 14.0. The van der Waals surface area contributed by atoms with Gasteiger partial charge in [0.1, 0.15) is 0 Å². The van der Waals surface area contributed by atoms with E-state index in [0.29, 0.717) is 25.3 Å². The Kier molecular flexibility index (Phi) is 4.98. The number of alkyl halides is 3. The summed E-state index contributed by atoms with van der Waals surface area (Å²) >= 11 is 0. The van der Waals surface area contributed by atoms with Crippen molar-refractivity contribution in [3.63, 3.8) is 0 Å². The summed E-state index contributed by atoms with van der Waals surface area (Å²) in [7, 11) is 0. The molecule has 1 N–H and O–H groups in total. The zero-order valence-corrected chi connectivity index (χ0v) is 14.0. The molecule has 1 saturated heterocycles. The molecule has 0 aliphatic carbocycles. The number of benzene rings is 1. The fourth-order valence-electron chi connectivity index (χ4n) is 2.85. The predicted octanol–water partition coefficient (Wildman–Crippen LogP) is 2.50. The average molecular weight is 380 g/mol. The second kappa shape index (κ2) is 7.22. The minimum atomic E-state index is -4.63. The highest BCUT2D eigenvalue weighted by Crippen LogP contribution is 2.32. The minimum absolute atomic E-state index is 0.0339. The van der Waals surface area contributed by atoms with Crippen LogP contribution >= 0.6 is 0 Å². The van der Waals surface area contributed by atoms with Crippen molar-refractivity contribution in [2.45, 2.75) is 12.6 Å². The fourth-order valence-corrected chi connectivity index (χ4v) is 2.85. The minimum Gasteiger partial charge on any atom is -0.476 e. The summed E-state index contributed by atoms with van der Waals surface area (Å²) in [6, 6.07) is 7.40. The molecule has 1 aromatic carbocycles. The van der Waals surface area contributed by atoms with Crippen LogP contribution < -0.4 is 4.90 Å². The molecule has 0 atom stereocenters. The maximum absolute atomic E-state index is 13.2. The van der Waals surface area contributed by atoms with Crippen LogP contribution in [0.15, 0.2) is 36.4 Å². The molecule has 10 heteroatoms. The lowest BCUT2D eigenvalue weighted by Gasteiger charge is -2.36. The van der Waals surface area contributed by atoms with Gasteiger partial charge in [-0.25, -0.2) is 4.79 Å². The normalized spacial score (nSPS) is 14.9. The van der Waals surface area contributed by atoms with E-state index in [0.717, 1.165) is 12.1 Å². The van der Waals surface area contributed by atoms with Crippen LogP contribution in [0.4, 0.5) is 19.0 Å². The number of carboxylic acid groups (broad SMARTS) is 1. The molecule has 0 spiro atoms. The summed E-state index contributed by atoms with van der Waals surface area (Å²) < 4.78 is 39.5. The van der Waals surface area contributed by atoms with E-state index < -0.39 is 29.2 Å². The maximum atomic E-state index is 13.2. The lowest BCUT2D eigenvalue weighted by molar-refractivity contribution is -0.138. The average Bonchev–Trinajstić information content (AvgIpc) is 2.67. The summed E-state index contributed by atoms with van der Waals surface area (Å²) in [5, 5.41) is 16.3. The molecule has 2 heterocycles. The van der Waals surface area contributed by atoms with Crippen LogP contribution in [0.3, 0.4) is 0 Å². The first-order valence-corrected chi connectivity index (χ1v) is 8.05. The van der Waals surface area contributed by atoms with Crippen molar-refractivity contribution in [3.8, 4) is 0 Å². The number of amides is 1. The lowest BCUT2D eigenvalue weighted by Crippen LogP contribution is -2.48. The summed E-state index contributed by atoms with van der Waals surface area (Å²) in [5.41, 5.74) is -1.60. The highest BCUT2D eigenvalue weighted by Gasteiger charge is 2.36.